The number of amides is 1. The van der Waals surface area contributed by atoms with Gasteiger partial charge in [0.25, 0.3) is 0 Å². The molecule has 6 heteroatoms. The second kappa shape index (κ2) is 5.91. The van der Waals surface area contributed by atoms with E-state index in [2.05, 4.69) is 0 Å². The zero-order chi connectivity index (χ0) is 15.6. The van der Waals surface area contributed by atoms with Gasteiger partial charge in [-0.15, -0.1) is 0 Å². The lowest BCUT2D eigenvalue weighted by molar-refractivity contribution is -0.147. The summed E-state index contributed by atoms with van der Waals surface area (Å²) in [6, 6.07) is 3.77. The van der Waals surface area contributed by atoms with Crippen molar-refractivity contribution in [2.24, 2.45) is 5.73 Å². The molecule has 0 radical (unpaired) electrons. The first kappa shape index (κ1) is 15.6. The van der Waals surface area contributed by atoms with Gasteiger partial charge >= 0.3 is 0 Å². The Hall–Kier alpha value is -1.79. The van der Waals surface area contributed by atoms with E-state index in [9.17, 15) is 15.0 Å². The number of carbonyl (C=O) groups is 1. The molecule has 21 heavy (non-hydrogen) atoms. The number of nitrogens with two attached hydrogens (primary N) is 1. The first-order valence-corrected chi connectivity index (χ1v) is 6.97. The molecule has 0 unspecified atom stereocenters. The summed E-state index contributed by atoms with van der Waals surface area (Å²) < 4.78 is 5.40. The average Bonchev–Trinajstić information content (AvgIpc) is 2.41. The van der Waals surface area contributed by atoms with E-state index in [-0.39, 0.29) is 22.9 Å². The summed E-state index contributed by atoms with van der Waals surface area (Å²) in [6.07, 6.45) is 0.306. The van der Waals surface area contributed by atoms with Gasteiger partial charge < -0.3 is 25.6 Å². The molecule has 1 atom stereocenters. The van der Waals surface area contributed by atoms with Crippen molar-refractivity contribution >= 4 is 5.91 Å². The fraction of sp³-hybridized carbons (Fsp3) is 0.533. The Labute approximate surface area is 124 Å². The van der Waals surface area contributed by atoms with E-state index in [0.717, 1.165) is 0 Å². The fourth-order valence-corrected chi connectivity index (χ4v) is 2.50. The summed E-state index contributed by atoms with van der Waals surface area (Å²) in [5.74, 6) is -0.525. The average molecular weight is 294 g/mol. The van der Waals surface area contributed by atoms with Crippen LogP contribution in [0, 0.1) is 0 Å². The molecule has 0 saturated carbocycles. The lowest BCUT2D eigenvalue weighted by Gasteiger charge is -2.43. The smallest absolute Gasteiger partial charge is 0.240 e. The topological polar surface area (TPSA) is 96.0 Å². The maximum absolute atomic E-state index is 12.5. The molecule has 1 saturated heterocycles. The van der Waals surface area contributed by atoms with E-state index >= 15 is 0 Å². The monoisotopic (exact) mass is 294 g/mol. The summed E-state index contributed by atoms with van der Waals surface area (Å²) in [6.45, 7) is 5.43. The van der Waals surface area contributed by atoms with Gasteiger partial charge in [0.15, 0.2) is 11.5 Å². The number of aromatic hydroxyl groups is 2. The minimum Gasteiger partial charge on any atom is -0.504 e. The molecule has 1 aromatic carbocycles. The molecule has 1 amide bonds. The quantitative estimate of drug-likeness (QED) is 0.710. The van der Waals surface area contributed by atoms with E-state index in [0.29, 0.717) is 31.7 Å². The van der Waals surface area contributed by atoms with E-state index in [1.807, 2.05) is 13.8 Å². The highest BCUT2D eigenvalue weighted by molar-refractivity contribution is 5.82. The Morgan fingerprint density at radius 2 is 2.14 bits per heavy atom. The van der Waals surface area contributed by atoms with E-state index < -0.39 is 6.04 Å². The number of nitrogens with zero attached hydrogens (tertiary/aromatic N) is 1. The predicted molar refractivity (Wildman–Crippen MR) is 78.1 cm³/mol. The number of phenolic OH excluding ortho intramolecular Hbond substituents is 2. The maximum Gasteiger partial charge on any atom is 0.240 e. The summed E-state index contributed by atoms with van der Waals surface area (Å²) in [5.41, 5.74) is 6.35. The van der Waals surface area contributed by atoms with Gasteiger partial charge in [-0.2, -0.15) is 0 Å². The zero-order valence-electron chi connectivity index (χ0n) is 12.4. The molecular weight excluding hydrogens is 272 g/mol. The lowest BCUT2D eigenvalue weighted by atomic mass is 9.99. The van der Waals surface area contributed by atoms with Gasteiger partial charge in [-0.3, -0.25) is 4.79 Å². The fourth-order valence-electron chi connectivity index (χ4n) is 2.50. The highest BCUT2D eigenvalue weighted by Gasteiger charge is 2.36. The Bertz CT molecular complexity index is 530. The number of benzene rings is 1. The third kappa shape index (κ3) is 3.46. The van der Waals surface area contributed by atoms with Crippen molar-refractivity contribution in [2.75, 3.05) is 19.8 Å². The Balaban J connectivity index is 2.06. The van der Waals surface area contributed by atoms with Crippen LogP contribution in [0.4, 0.5) is 0 Å². The highest BCUT2D eigenvalue weighted by atomic mass is 16.5. The Morgan fingerprint density at radius 3 is 2.76 bits per heavy atom. The van der Waals surface area contributed by atoms with Crippen LogP contribution in [0.15, 0.2) is 18.2 Å². The third-order valence-corrected chi connectivity index (χ3v) is 3.72. The third-order valence-electron chi connectivity index (χ3n) is 3.72. The van der Waals surface area contributed by atoms with Crippen LogP contribution in [0.3, 0.4) is 0 Å². The van der Waals surface area contributed by atoms with Crippen LogP contribution in [0.1, 0.15) is 19.4 Å². The van der Waals surface area contributed by atoms with Crippen LogP contribution in [-0.2, 0) is 16.0 Å². The molecule has 1 fully saturated rings. The van der Waals surface area contributed by atoms with E-state index in [1.165, 1.54) is 12.1 Å². The second-order valence-corrected chi connectivity index (χ2v) is 5.99. The van der Waals surface area contributed by atoms with Crippen molar-refractivity contribution < 1.29 is 19.7 Å². The van der Waals surface area contributed by atoms with Crippen molar-refractivity contribution in [3.8, 4) is 11.5 Å². The Morgan fingerprint density at radius 1 is 1.43 bits per heavy atom. The number of hydrogen-bond donors (Lipinski definition) is 3. The summed E-state index contributed by atoms with van der Waals surface area (Å²) in [5, 5.41) is 18.8. The molecule has 0 aromatic heterocycles. The van der Waals surface area contributed by atoms with Gasteiger partial charge in [0.05, 0.1) is 24.8 Å². The van der Waals surface area contributed by atoms with Crippen molar-refractivity contribution in [1.29, 1.82) is 0 Å². The second-order valence-electron chi connectivity index (χ2n) is 5.99. The van der Waals surface area contributed by atoms with Crippen LogP contribution >= 0.6 is 0 Å². The maximum atomic E-state index is 12.5. The number of morpholine rings is 1. The van der Waals surface area contributed by atoms with Crippen LogP contribution in [0.5, 0.6) is 11.5 Å². The van der Waals surface area contributed by atoms with Crippen molar-refractivity contribution in [2.45, 2.75) is 31.8 Å². The number of rotatable bonds is 3. The van der Waals surface area contributed by atoms with Gasteiger partial charge in [-0.25, -0.2) is 0 Å². The van der Waals surface area contributed by atoms with Gasteiger partial charge in [-0.1, -0.05) is 6.07 Å². The molecule has 116 valence electrons. The molecule has 4 N–H and O–H groups in total. The number of ether oxygens (including phenoxy) is 1. The van der Waals surface area contributed by atoms with Crippen LogP contribution in [0.25, 0.3) is 0 Å². The molecule has 1 aromatic rings. The first-order valence-electron chi connectivity index (χ1n) is 6.97. The van der Waals surface area contributed by atoms with Crippen LogP contribution < -0.4 is 5.73 Å². The van der Waals surface area contributed by atoms with Gasteiger partial charge in [0.1, 0.15) is 0 Å². The SMILES string of the molecule is CC1(C)COCCN1C(=O)[C@@H](N)Cc1ccc(O)c(O)c1. The largest absolute Gasteiger partial charge is 0.504 e. The number of phenols is 2. The Kier molecular flexibility index (Phi) is 4.39. The summed E-state index contributed by atoms with van der Waals surface area (Å²) >= 11 is 0. The van der Waals surface area contributed by atoms with Gasteiger partial charge in [0, 0.05) is 6.54 Å². The van der Waals surface area contributed by atoms with Crippen molar-refractivity contribution in [1.82, 2.24) is 4.90 Å². The molecule has 1 aliphatic rings. The number of carbonyl (C=O) groups excluding carboxylic acids is 1. The van der Waals surface area contributed by atoms with Crippen molar-refractivity contribution in [3.63, 3.8) is 0 Å². The zero-order valence-corrected chi connectivity index (χ0v) is 12.4. The van der Waals surface area contributed by atoms with Gasteiger partial charge in [-0.05, 0) is 38.0 Å². The normalized spacial score (nSPS) is 19.3. The lowest BCUT2D eigenvalue weighted by Crippen LogP contribution is -2.59. The van der Waals surface area contributed by atoms with E-state index in [1.54, 1.807) is 11.0 Å². The molecule has 0 spiro atoms. The molecule has 1 aliphatic heterocycles. The highest BCUT2D eigenvalue weighted by Crippen LogP contribution is 2.26. The van der Waals surface area contributed by atoms with Crippen LogP contribution in [0.2, 0.25) is 0 Å². The summed E-state index contributed by atoms with van der Waals surface area (Å²) in [4.78, 5) is 14.3. The van der Waals surface area contributed by atoms with E-state index in [4.69, 9.17) is 10.5 Å². The first-order chi connectivity index (χ1) is 9.81. The minimum atomic E-state index is -0.689. The molecule has 2 rings (SSSR count). The minimum absolute atomic E-state index is 0.129. The summed E-state index contributed by atoms with van der Waals surface area (Å²) in [7, 11) is 0. The predicted octanol–water partition coefficient (Wildman–Crippen LogP) is 0.605. The molecule has 0 bridgehead atoms. The van der Waals surface area contributed by atoms with Gasteiger partial charge in [0.2, 0.25) is 5.91 Å². The molecular formula is C15H22N2O4. The molecule has 0 aliphatic carbocycles. The van der Waals surface area contributed by atoms with Crippen molar-refractivity contribution in [3.05, 3.63) is 23.8 Å². The molecule has 6 nitrogen and oxygen atoms in total. The number of hydrogen-bond acceptors (Lipinski definition) is 5. The standard InChI is InChI=1S/C15H22N2O4/c1-15(2)9-21-6-5-17(15)14(20)11(16)7-10-3-4-12(18)13(19)8-10/h3-4,8,11,18-19H,5-7,9,16H2,1-2H3/t11-/m0/s1. The van der Waals surface area contributed by atoms with Crippen LogP contribution in [-0.4, -0.2) is 52.4 Å². The molecule has 1 heterocycles.